The number of nitrogens with zero attached hydrogens (tertiary/aromatic N) is 1. The molecule has 3 aromatic rings. The van der Waals surface area contributed by atoms with Crippen LogP contribution in [0.15, 0.2) is 62.5 Å². The Morgan fingerprint density at radius 3 is 2.54 bits per heavy atom. The Kier molecular flexibility index (Phi) is 7.46. The average molecular weight is 563 g/mol. The second kappa shape index (κ2) is 9.64. The van der Waals surface area contributed by atoms with Crippen LogP contribution in [-0.2, 0) is 6.61 Å². The van der Waals surface area contributed by atoms with E-state index in [1.165, 1.54) is 0 Å². The van der Waals surface area contributed by atoms with E-state index in [2.05, 4.69) is 36.9 Å². The SMILES string of the molecule is Cc1c(Cl)cccc1N=Cc1cc(Br)cc(Br)c1OCc1ccc(Cl)cc1Cl. The molecule has 0 aromatic heterocycles. The lowest BCUT2D eigenvalue weighted by Gasteiger charge is -2.13. The minimum atomic E-state index is 0.299. The zero-order chi connectivity index (χ0) is 20.3. The molecule has 0 saturated heterocycles. The first-order valence-corrected chi connectivity index (χ1v) is 10.9. The van der Waals surface area contributed by atoms with Gasteiger partial charge in [0.1, 0.15) is 12.4 Å². The van der Waals surface area contributed by atoms with Gasteiger partial charge in [0.2, 0.25) is 0 Å². The van der Waals surface area contributed by atoms with Gasteiger partial charge in [-0.2, -0.15) is 0 Å². The highest BCUT2D eigenvalue weighted by molar-refractivity contribution is 9.11. The lowest BCUT2D eigenvalue weighted by atomic mass is 10.2. The van der Waals surface area contributed by atoms with Crippen LogP contribution >= 0.6 is 66.7 Å². The molecule has 0 saturated carbocycles. The Hall–Kier alpha value is -1.04. The smallest absolute Gasteiger partial charge is 0.142 e. The molecule has 0 unspecified atom stereocenters. The highest BCUT2D eigenvalue weighted by atomic mass is 79.9. The summed E-state index contributed by atoms with van der Waals surface area (Å²) in [5.74, 6) is 0.664. The highest BCUT2D eigenvalue weighted by Gasteiger charge is 2.11. The van der Waals surface area contributed by atoms with Gasteiger partial charge in [-0.05, 0) is 64.8 Å². The van der Waals surface area contributed by atoms with Crippen LogP contribution in [0.5, 0.6) is 5.75 Å². The molecule has 2 nitrogen and oxygen atoms in total. The van der Waals surface area contributed by atoms with Crippen molar-refractivity contribution in [3.63, 3.8) is 0 Å². The minimum absolute atomic E-state index is 0.299. The van der Waals surface area contributed by atoms with E-state index in [0.29, 0.717) is 27.4 Å². The molecular weight excluding hydrogens is 548 g/mol. The first-order chi connectivity index (χ1) is 13.3. The van der Waals surface area contributed by atoms with Gasteiger partial charge in [0, 0.05) is 36.9 Å². The Morgan fingerprint density at radius 1 is 1.00 bits per heavy atom. The summed E-state index contributed by atoms with van der Waals surface area (Å²) in [4.78, 5) is 4.59. The van der Waals surface area contributed by atoms with Gasteiger partial charge in [-0.15, -0.1) is 0 Å². The molecule has 0 radical (unpaired) electrons. The van der Waals surface area contributed by atoms with Crippen molar-refractivity contribution in [2.24, 2.45) is 4.99 Å². The molecule has 0 heterocycles. The lowest BCUT2D eigenvalue weighted by molar-refractivity contribution is 0.304. The molecule has 0 amide bonds. The summed E-state index contributed by atoms with van der Waals surface area (Å²) >= 11 is 25.5. The molecule has 3 rings (SSSR count). The van der Waals surface area contributed by atoms with Crippen molar-refractivity contribution < 1.29 is 4.74 Å². The molecule has 144 valence electrons. The van der Waals surface area contributed by atoms with Crippen LogP contribution in [0.25, 0.3) is 0 Å². The van der Waals surface area contributed by atoms with Gasteiger partial charge in [-0.1, -0.05) is 62.9 Å². The third-order valence-electron chi connectivity index (χ3n) is 4.01. The van der Waals surface area contributed by atoms with Crippen LogP contribution in [0.2, 0.25) is 15.1 Å². The van der Waals surface area contributed by atoms with E-state index >= 15 is 0 Å². The minimum Gasteiger partial charge on any atom is -0.487 e. The Morgan fingerprint density at radius 2 is 1.79 bits per heavy atom. The molecule has 0 aliphatic rings. The van der Waals surface area contributed by atoms with E-state index in [9.17, 15) is 0 Å². The summed E-state index contributed by atoms with van der Waals surface area (Å²) < 4.78 is 7.76. The zero-order valence-corrected chi connectivity index (χ0v) is 20.1. The summed E-state index contributed by atoms with van der Waals surface area (Å²) in [7, 11) is 0. The molecule has 0 aliphatic carbocycles. The third-order valence-corrected chi connectivity index (χ3v) is 6.05. The first kappa shape index (κ1) is 21.7. The summed E-state index contributed by atoms with van der Waals surface area (Å²) in [5, 5.41) is 1.83. The largest absolute Gasteiger partial charge is 0.487 e. The van der Waals surface area contributed by atoms with Crippen molar-refractivity contribution in [1.82, 2.24) is 0 Å². The van der Waals surface area contributed by atoms with Gasteiger partial charge in [0.05, 0.1) is 10.2 Å². The fourth-order valence-corrected chi connectivity index (χ4v) is 4.50. The van der Waals surface area contributed by atoms with Crippen LogP contribution < -0.4 is 4.74 Å². The highest BCUT2D eigenvalue weighted by Crippen LogP contribution is 2.34. The van der Waals surface area contributed by atoms with E-state index < -0.39 is 0 Å². The van der Waals surface area contributed by atoms with E-state index in [1.807, 2.05) is 43.3 Å². The number of hydrogen-bond acceptors (Lipinski definition) is 2. The normalized spacial score (nSPS) is 11.2. The Bertz CT molecular complexity index is 1050. The standard InChI is InChI=1S/C21H14Br2Cl3NO/c1-12-18(25)3-2-4-20(12)27-10-14-7-15(22)8-17(23)21(14)28-11-13-5-6-16(24)9-19(13)26/h2-10H,11H2,1H3. The number of ether oxygens (including phenoxy) is 1. The van der Waals surface area contributed by atoms with Crippen molar-refractivity contribution in [3.05, 3.63) is 89.2 Å². The molecule has 0 fully saturated rings. The molecule has 28 heavy (non-hydrogen) atoms. The van der Waals surface area contributed by atoms with E-state index in [0.717, 1.165) is 31.3 Å². The van der Waals surface area contributed by atoms with Gasteiger partial charge >= 0.3 is 0 Å². The lowest BCUT2D eigenvalue weighted by Crippen LogP contribution is -2.00. The number of halogens is 5. The van der Waals surface area contributed by atoms with Crippen molar-refractivity contribution >= 4 is 78.6 Å². The van der Waals surface area contributed by atoms with Crippen molar-refractivity contribution in [1.29, 1.82) is 0 Å². The summed E-state index contributed by atoms with van der Waals surface area (Å²) in [6.45, 7) is 2.24. The van der Waals surface area contributed by atoms with Crippen LogP contribution in [0.4, 0.5) is 5.69 Å². The van der Waals surface area contributed by atoms with Gasteiger partial charge in [0.15, 0.2) is 0 Å². The number of aliphatic imine (C=N–C) groups is 1. The van der Waals surface area contributed by atoms with Crippen LogP contribution in [0.3, 0.4) is 0 Å². The van der Waals surface area contributed by atoms with Crippen LogP contribution in [0.1, 0.15) is 16.7 Å². The maximum absolute atomic E-state index is 6.25. The number of rotatable bonds is 5. The fourth-order valence-electron chi connectivity index (χ4n) is 2.49. The fraction of sp³-hybridized carbons (Fsp3) is 0.0952. The van der Waals surface area contributed by atoms with Crippen molar-refractivity contribution in [2.45, 2.75) is 13.5 Å². The Labute approximate surface area is 195 Å². The molecule has 0 N–H and O–H groups in total. The predicted octanol–water partition coefficient (Wildman–Crippen LogP) is 8.81. The zero-order valence-electron chi connectivity index (χ0n) is 14.6. The first-order valence-electron chi connectivity index (χ1n) is 8.20. The second-order valence-electron chi connectivity index (χ2n) is 5.97. The predicted molar refractivity (Wildman–Crippen MR) is 126 cm³/mol. The van der Waals surface area contributed by atoms with Gasteiger partial charge in [-0.25, -0.2) is 0 Å². The molecule has 0 spiro atoms. The molecular formula is C21H14Br2Cl3NO. The van der Waals surface area contributed by atoms with E-state index in [-0.39, 0.29) is 0 Å². The maximum Gasteiger partial charge on any atom is 0.142 e. The Balaban J connectivity index is 1.91. The maximum atomic E-state index is 6.25. The summed E-state index contributed by atoms with van der Waals surface area (Å²) in [6.07, 6.45) is 1.76. The molecule has 0 atom stereocenters. The molecule has 0 aliphatic heterocycles. The number of benzene rings is 3. The molecule has 7 heteroatoms. The van der Waals surface area contributed by atoms with Crippen molar-refractivity contribution in [2.75, 3.05) is 0 Å². The van der Waals surface area contributed by atoms with E-state index in [4.69, 9.17) is 39.5 Å². The van der Waals surface area contributed by atoms with Crippen LogP contribution in [0, 0.1) is 6.92 Å². The van der Waals surface area contributed by atoms with Crippen molar-refractivity contribution in [3.8, 4) is 5.75 Å². The third kappa shape index (κ3) is 5.31. The molecule has 0 bridgehead atoms. The van der Waals surface area contributed by atoms with Gasteiger partial charge < -0.3 is 4.74 Å². The van der Waals surface area contributed by atoms with Gasteiger partial charge in [-0.3, -0.25) is 4.99 Å². The topological polar surface area (TPSA) is 21.6 Å². The summed E-state index contributed by atoms with van der Waals surface area (Å²) in [5.41, 5.74) is 3.38. The summed E-state index contributed by atoms with van der Waals surface area (Å²) in [6, 6.07) is 14.8. The average Bonchev–Trinajstić information content (AvgIpc) is 2.63. The van der Waals surface area contributed by atoms with E-state index in [1.54, 1.807) is 18.3 Å². The quantitative estimate of drug-likeness (QED) is 0.285. The molecule has 3 aromatic carbocycles. The number of hydrogen-bond donors (Lipinski definition) is 0. The second-order valence-corrected chi connectivity index (χ2v) is 8.99. The van der Waals surface area contributed by atoms with Gasteiger partial charge in [0.25, 0.3) is 0 Å². The monoisotopic (exact) mass is 559 g/mol. The van der Waals surface area contributed by atoms with Crippen LogP contribution in [-0.4, -0.2) is 6.21 Å².